The Kier molecular flexibility index (Phi) is 4.23. The van der Waals surface area contributed by atoms with E-state index in [0.717, 1.165) is 17.8 Å². The number of nitro benzene ring substituents is 1. The fraction of sp³-hybridized carbons (Fsp3) is 0.0714. The average Bonchev–Trinajstić information content (AvgIpc) is 2.40. The molecule has 0 unspecified atom stereocenters. The maximum atomic E-state index is 13.7. The summed E-state index contributed by atoms with van der Waals surface area (Å²) in [6.45, 7) is 1.59. The van der Waals surface area contributed by atoms with Gasteiger partial charge in [-0.15, -0.1) is 0 Å². The number of hydrogen-bond donors (Lipinski definition) is 1. The van der Waals surface area contributed by atoms with Gasteiger partial charge >= 0.3 is 5.97 Å². The van der Waals surface area contributed by atoms with Crippen LogP contribution in [0, 0.1) is 22.9 Å². The van der Waals surface area contributed by atoms with Crippen LogP contribution in [0.2, 0.25) is 0 Å². The van der Waals surface area contributed by atoms with Gasteiger partial charge in [0.15, 0.2) is 0 Å². The highest BCUT2D eigenvalue weighted by molar-refractivity contribution is 7.99. The second-order valence-electron chi connectivity index (χ2n) is 4.26. The molecule has 0 fully saturated rings. The molecule has 0 saturated heterocycles. The standard InChI is InChI=1S/C14H10FNO4S/c1-8-6-10(3-5-12(8)16(19)20)21-13-7-9(14(17)18)2-4-11(13)15/h2-7H,1H3,(H,17,18). The molecule has 0 saturated carbocycles. The first-order valence-corrected chi connectivity index (χ1v) is 6.66. The average molecular weight is 307 g/mol. The van der Waals surface area contributed by atoms with Gasteiger partial charge in [-0.2, -0.15) is 0 Å². The molecule has 0 amide bonds. The van der Waals surface area contributed by atoms with Crippen molar-refractivity contribution in [2.75, 3.05) is 0 Å². The minimum absolute atomic E-state index is 0.0147. The maximum absolute atomic E-state index is 13.7. The lowest BCUT2D eigenvalue weighted by atomic mass is 10.2. The molecular formula is C14H10FNO4S. The third-order valence-corrected chi connectivity index (χ3v) is 3.79. The lowest BCUT2D eigenvalue weighted by Gasteiger charge is -2.06. The molecule has 0 heterocycles. The van der Waals surface area contributed by atoms with Crippen molar-refractivity contribution in [3.05, 3.63) is 63.5 Å². The summed E-state index contributed by atoms with van der Waals surface area (Å²) in [5, 5.41) is 19.6. The molecule has 2 aromatic rings. The molecule has 0 aromatic heterocycles. The Balaban J connectivity index is 2.34. The lowest BCUT2D eigenvalue weighted by Crippen LogP contribution is -1.97. The topological polar surface area (TPSA) is 80.4 Å². The van der Waals surface area contributed by atoms with Gasteiger partial charge in [-0.05, 0) is 37.3 Å². The van der Waals surface area contributed by atoms with Crippen LogP contribution in [0.3, 0.4) is 0 Å². The molecule has 2 aromatic carbocycles. The smallest absolute Gasteiger partial charge is 0.335 e. The molecule has 0 aliphatic carbocycles. The maximum Gasteiger partial charge on any atom is 0.335 e. The first-order valence-electron chi connectivity index (χ1n) is 5.84. The summed E-state index contributed by atoms with van der Waals surface area (Å²) in [5.41, 5.74) is 0.427. The van der Waals surface area contributed by atoms with E-state index in [0.29, 0.717) is 10.5 Å². The van der Waals surface area contributed by atoms with Crippen LogP contribution in [-0.4, -0.2) is 16.0 Å². The van der Waals surface area contributed by atoms with Crippen molar-refractivity contribution in [3.8, 4) is 0 Å². The Bertz CT molecular complexity index is 733. The molecule has 7 heteroatoms. The van der Waals surface area contributed by atoms with Crippen LogP contribution in [0.4, 0.5) is 10.1 Å². The van der Waals surface area contributed by atoms with E-state index in [1.165, 1.54) is 24.3 Å². The number of carbonyl (C=O) groups is 1. The van der Waals surface area contributed by atoms with Crippen molar-refractivity contribution >= 4 is 23.4 Å². The van der Waals surface area contributed by atoms with Crippen molar-refractivity contribution in [1.29, 1.82) is 0 Å². The van der Waals surface area contributed by atoms with Crippen LogP contribution in [0.1, 0.15) is 15.9 Å². The van der Waals surface area contributed by atoms with Gasteiger partial charge in [-0.3, -0.25) is 10.1 Å². The van der Waals surface area contributed by atoms with E-state index < -0.39 is 16.7 Å². The highest BCUT2D eigenvalue weighted by Crippen LogP contribution is 2.33. The molecular weight excluding hydrogens is 297 g/mol. The van der Waals surface area contributed by atoms with Gasteiger partial charge in [-0.1, -0.05) is 11.8 Å². The van der Waals surface area contributed by atoms with Gasteiger partial charge in [0.05, 0.1) is 10.5 Å². The van der Waals surface area contributed by atoms with Gasteiger partial charge in [0, 0.05) is 21.4 Å². The SMILES string of the molecule is Cc1cc(Sc2cc(C(=O)O)ccc2F)ccc1[N+](=O)[O-]. The summed E-state index contributed by atoms with van der Waals surface area (Å²) in [5.74, 6) is -1.68. The lowest BCUT2D eigenvalue weighted by molar-refractivity contribution is -0.385. The Morgan fingerprint density at radius 2 is 2.00 bits per heavy atom. The number of carboxylic acid groups (broad SMARTS) is 1. The number of aromatic carboxylic acids is 1. The number of halogens is 1. The van der Waals surface area contributed by atoms with E-state index in [-0.39, 0.29) is 16.1 Å². The minimum atomic E-state index is -1.14. The van der Waals surface area contributed by atoms with Crippen LogP contribution < -0.4 is 0 Å². The Labute approximate surface area is 123 Å². The van der Waals surface area contributed by atoms with Crippen molar-refractivity contribution in [2.45, 2.75) is 16.7 Å². The normalized spacial score (nSPS) is 10.4. The Morgan fingerprint density at radius 3 is 2.57 bits per heavy atom. The monoisotopic (exact) mass is 307 g/mol. The van der Waals surface area contributed by atoms with E-state index >= 15 is 0 Å². The van der Waals surface area contributed by atoms with E-state index in [4.69, 9.17) is 5.11 Å². The van der Waals surface area contributed by atoms with Crippen LogP contribution in [0.25, 0.3) is 0 Å². The quantitative estimate of drug-likeness (QED) is 0.684. The van der Waals surface area contributed by atoms with Crippen molar-refractivity contribution < 1.29 is 19.2 Å². The van der Waals surface area contributed by atoms with Crippen molar-refractivity contribution in [3.63, 3.8) is 0 Å². The third kappa shape index (κ3) is 3.38. The molecule has 0 aliphatic heterocycles. The molecule has 0 atom stereocenters. The highest BCUT2D eigenvalue weighted by atomic mass is 32.2. The second-order valence-corrected chi connectivity index (χ2v) is 5.37. The third-order valence-electron chi connectivity index (χ3n) is 2.77. The van der Waals surface area contributed by atoms with E-state index in [1.807, 2.05) is 0 Å². The van der Waals surface area contributed by atoms with E-state index in [2.05, 4.69) is 0 Å². The highest BCUT2D eigenvalue weighted by Gasteiger charge is 2.13. The van der Waals surface area contributed by atoms with Crippen LogP contribution >= 0.6 is 11.8 Å². The first-order chi connectivity index (χ1) is 9.88. The zero-order valence-corrected chi connectivity index (χ0v) is 11.7. The number of nitro groups is 1. The van der Waals surface area contributed by atoms with Gasteiger partial charge in [0.2, 0.25) is 0 Å². The Morgan fingerprint density at radius 1 is 1.29 bits per heavy atom. The number of carboxylic acids is 1. The fourth-order valence-corrected chi connectivity index (χ4v) is 2.72. The number of nitrogens with zero attached hydrogens (tertiary/aromatic N) is 1. The summed E-state index contributed by atoms with van der Waals surface area (Å²) < 4.78 is 13.7. The summed E-state index contributed by atoms with van der Waals surface area (Å²) in [7, 11) is 0. The summed E-state index contributed by atoms with van der Waals surface area (Å²) in [4.78, 5) is 21.9. The van der Waals surface area contributed by atoms with E-state index in [1.54, 1.807) is 13.0 Å². The van der Waals surface area contributed by atoms with Crippen LogP contribution in [-0.2, 0) is 0 Å². The number of benzene rings is 2. The summed E-state index contributed by atoms with van der Waals surface area (Å²) in [6.07, 6.45) is 0. The molecule has 0 radical (unpaired) electrons. The van der Waals surface area contributed by atoms with Crippen LogP contribution in [0.15, 0.2) is 46.2 Å². The van der Waals surface area contributed by atoms with E-state index in [9.17, 15) is 19.3 Å². The fourth-order valence-electron chi connectivity index (χ4n) is 1.74. The minimum Gasteiger partial charge on any atom is -0.478 e. The molecule has 5 nitrogen and oxygen atoms in total. The molecule has 1 N–H and O–H groups in total. The molecule has 2 rings (SSSR count). The predicted octanol–water partition coefficient (Wildman–Crippen LogP) is 3.89. The van der Waals surface area contributed by atoms with Gasteiger partial charge in [0.25, 0.3) is 5.69 Å². The summed E-state index contributed by atoms with van der Waals surface area (Å²) >= 11 is 1.02. The summed E-state index contributed by atoms with van der Waals surface area (Å²) in [6, 6.07) is 7.92. The Hall–Kier alpha value is -2.41. The van der Waals surface area contributed by atoms with Gasteiger partial charge < -0.3 is 5.11 Å². The van der Waals surface area contributed by atoms with Crippen LogP contribution in [0.5, 0.6) is 0 Å². The molecule has 0 aliphatic rings. The zero-order chi connectivity index (χ0) is 15.6. The van der Waals surface area contributed by atoms with Gasteiger partial charge in [0.1, 0.15) is 5.82 Å². The second kappa shape index (κ2) is 5.92. The molecule has 0 bridgehead atoms. The number of hydrogen-bond acceptors (Lipinski definition) is 4. The molecule has 108 valence electrons. The van der Waals surface area contributed by atoms with Crippen molar-refractivity contribution in [2.24, 2.45) is 0 Å². The van der Waals surface area contributed by atoms with Crippen molar-refractivity contribution in [1.82, 2.24) is 0 Å². The molecule has 0 spiro atoms. The predicted molar refractivity (Wildman–Crippen MR) is 75.3 cm³/mol. The zero-order valence-electron chi connectivity index (χ0n) is 10.9. The van der Waals surface area contributed by atoms with Gasteiger partial charge in [-0.25, -0.2) is 9.18 Å². The largest absolute Gasteiger partial charge is 0.478 e. The molecule has 21 heavy (non-hydrogen) atoms. The first kappa shape index (κ1) is 15.0. The number of aryl methyl sites for hydroxylation is 1. The number of rotatable bonds is 4.